The highest BCUT2D eigenvalue weighted by molar-refractivity contribution is 7.98. The minimum Gasteiger partial charge on any atom is -0.460 e. The average molecular weight is 464 g/mol. The van der Waals surface area contributed by atoms with Gasteiger partial charge in [0.05, 0.1) is 4.90 Å². The van der Waals surface area contributed by atoms with E-state index in [9.17, 15) is 18.0 Å². The molecule has 0 aliphatic carbocycles. The Morgan fingerprint density at radius 3 is 2.32 bits per heavy atom. The lowest BCUT2D eigenvalue weighted by molar-refractivity contribution is -0.147. The van der Waals surface area contributed by atoms with Gasteiger partial charge < -0.3 is 4.74 Å². The van der Waals surface area contributed by atoms with Crippen molar-refractivity contribution in [1.82, 2.24) is 4.72 Å². The molecule has 2 rings (SSSR count). The van der Waals surface area contributed by atoms with Crippen LogP contribution in [0.5, 0.6) is 0 Å². The van der Waals surface area contributed by atoms with Crippen molar-refractivity contribution in [3.63, 3.8) is 0 Å². The first-order chi connectivity index (χ1) is 14.6. The van der Waals surface area contributed by atoms with Crippen LogP contribution in [0.25, 0.3) is 0 Å². The second kappa shape index (κ2) is 10.9. The molecule has 0 bridgehead atoms. The first-order valence-electron chi connectivity index (χ1n) is 9.92. The molecule has 31 heavy (non-hydrogen) atoms. The fourth-order valence-corrected chi connectivity index (χ4v) is 5.26. The molecule has 0 aliphatic rings. The van der Waals surface area contributed by atoms with E-state index in [1.807, 2.05) is 33.1 Å². The van der Waals surface area contributed by atoms with Gasteiger partial charge in [-0.2, -0.15) is 16.5 Å². The molecule has 168 valence electrons. The highest BCUT2D eigenvalue weighted by Gasteiger charge is 2.27. The van der Waals surface area contributed by atoms with Crippen LogP contribution < -0.4 is 4.72 Å². The van der Waals surface area contributed by atoms with Gasteiger partial charge >= 0.3 is 5.97 Å². The van der Waals surface area contributed by atoms with Crippen molar-refractivity contribution < 1.29 is 22.7 Å². The lowest BCUT2D eigenvalue weighted by Crippen LogP contribution is -2.42. The molecule has 0 heterocycles. The van der Waals surface area contributed by atoms with E-state index < -0.39 is 22.0 Å². The van der Waals surface area contributed by atoms with Gasteiger partial charge in [0.15, 0.2) is 5.78 Å². The minimum absolute atomic E-state index is 0.0279. The maximum Gasteiger partial charge on any atom is 0.324 e. The van der Waals surface area contributed by atoms with Crippen LogP contribution in [0.4, 0.5) is 0 Å². The summed E-state index contributed by atoms with van der Waals surface area (Å²) in [6.45, 7) is 7.10. The molecule has 8 heteroatoms. The molecule has 0 fully saturated rings. The van der Waals surface area contributed by atoms with Crippen LogP contribution in [-0.2, 0) is 26.2 Å². The zero-order valence-electron chi connectivity index (χ0n) is 18.5. The number of benzene rings is 2. The van der Waals surface area contributed by atoms with E-state index in [0.29, 0.717) is 17.7 Å². The Labute approximate surface area is 188 Å². The van der Waals surface area contributed by atoms with Gasteiger partial charge in [0, 0.05) is 5.56 Å². The highest BCUT2D eigenvalue weighted by Crippen LogP contribution is 2.24. The quantitative estimate of drug-likeness (QED) is 0.424. The van der Waals surface area contributed by atoms with Gasteiger partial charge in [0.1, 0.15) is 12.6 Å². The van der Waals surface area contributed by atoms with Crippen LogP contribution in [-0.4, -0.2) is 38.2 Å². The van der Waals surface area contributed by atoms with Gasteiger partial charge in [-0.15, -0.1) is 0 Å². The number of Topliss-reactive ketones (excluding diaryl/α,β-unsaturated/α-hetero) is 1. The lowest BCUT2D eigenvalue weighted by Gasteiger charge is -2.20. The molecule has 2 aromatic rings. The second-order valence-corrected chi connectivity index (χ2v) is 10.1. The van der Waals surface area contributed by atoms with Crippen molar-refractivity contribution >= 4 is 33.5 Å². The predicted octanol–water partition coefficient (Wildman–Crippen LogP) is 3.96. The summed E-state index contributed by atoms with van der Waals surface area (Å²) in [7, 11) is -3.86. The standard InChI is InChI=1S/C23H29NO5S2/c1-15-13-16(2)22(18(4)25)17(3)20(15)14-29-23(26)21(11-12-30-5)24-31(27,28)19-9-7-6-8-10-19/h6-10,13,21,24H,11-12,14H2,1-5H3. The maximum atomic E-state index is 12.8. The number of hydrogen-bond donors (Lipinski definition) is 1. The van der Waals surface area contributed by atoms with Crippen molar-refractivity contribution in [2.45, 2.75) is 51.7 Å². The van der Waals surface area contributed by atoms with Crippen LogP contribution in [0, 0.1) is 20.8 Å². The molecule has 1 unspecified atom stereocenters. The van der Waals surface area contributed by atoms with E-state index in [0.717, 1.165) is 22.3 Å². The number of hydrogen-bond acceptors (Lipinski definition) is 6. The molecule has 1 atom stereocenters. The van der Waals surface area contributed by atoms with Crippen LogP contribution in [0.2, 0.25) is 0 Å². The SMILES string of the molecule is CSCCC(NS(=O)(=O)c1ccccc1)C(=O)OCc1c(C)cc(C)c(C(C)=O)c1C. The Bertz CT molecular complexity index is 1050. The summed E-state index contributed by atoms with van der Waals surface area (Å²) >= 11 is 1.52. The second-order valence-electron chi connectivity index (χ2n) is 7.42. The van der Waals surface area contributed by atoms with E-state index in [-0.39, 0.29) is 17.3 Å². The first kappa shape index (κ1) is 25.1. The van der Waals surface area contributed by atoms with E-state index >= 15 is 0 Å². The molecule has 1 N–H and O–H groups in total. The van der Waals surface area contributed by atoms with Gasteiger partial charge in [-0.1, -0.05) is 24.3 Å². The van der Waals surface area contributed by atoms with Crippen molar-refractivity contribution in [3.05, 3.63) is 64.2 Å². The fourth-order valence-electron chi connectivity index (χ4n) is 3.55. The number of rotatable bonds is 10. The molecule has 0 aromatic heterocycles. The van der Waals surface area contributed by atoms with Gasteiger partial charge in [0.25, 0.3) is 0 Å². The fraction of sp³-hybridized carbons (Fsp3) is 0.391. The number of aryl methyl sites for hydroxylation is 2. The largest absolute Gasteiger partial charge is 0.460 e. The molecular weight excluding hydrogens is 434 g/mol. The Morgan fingerprint density at radius 1 is 1.10 bits per heavy atom. The van der Waals surface area contributed by atoms with E-state index in [1.165, 1.54) is 30.8 Å². The maximum absolute atomic E-state index is 12.8. The number of nitrogens with one attached hydrogen (secondary N) is 1. The summed E-state index contributed by atoms with van der Waals surface area (Å²) in [5.74, 6) is -0.0953. The van der Waals surface area contributed by atoms with Crippen LogP contribution >= 0.6 is 11.8 Å². The third-order valence-electron chi connectivity index (χ3n) is 5.09. The number of thioether (sulfide) groups is 1. The van der Waals surface area contributed by atoms with Crippen molar-refractivity contribution in [2.75, 3.05) is 12.0 Å². The Hall–Kier alpha value is -2.16. The van der Waals surface area contributed by atoms with Gasteiger partial charge in [0.2, 0.25) is 10.0 Å². The first-order valence-corrected chi connectivity index (χ1v) is 12.8. The molecule has 0 saturated carbocycles. The lowest BCUT2D eigenvalue weighted by atomic mass is 9.92. The van der Waals surface area contributed by atoms with E-state index in [2.05, 4.69) is 4.72 Å². The third kappa shape index (κ3) is 6.41. The monoisotopic (exact) mass is 463 g/mol. The summed E-state index contributed by atoms with van der Waals surface area (Å²) in [6.07, 6.45) is 2.19. The van der Waals surface area contributed by atoms with Crippen molar-refractivity contribution in [2.24, 2.45) is 0 Å². The minimum atomic E-state index is -3.86. The van der Waals surface area contributed by atoms with Gasteiger partial charge in [-0.3, -0.25) is 9.59 Å². The topological polar surface area (TPSA) is 89.5 Å². The molecular formula is C23H29NO5S2. The molecule has 0 saturated heterocycles. The zero-order valence-corrected chi connectivity index (χ0v) is 20.2. The Morgan fingerprint density at radius 2 is 1.74 bits per heavy atom. The van der Waals surface area contributed by atoms with Gasteiger partial charge in [-0.25, -0.2) is 8.42 Å². The van der Waals surface area contributed by atoms with Crippen LogP contribution in [0.1, 0.15) is 46.0 Å². The number of ether oxygens (including phenoxy) is 1. The summed E-state index contributed by atoms with van der Waals surface area (Å²) in [4.78, 5) is 24.9. The molecule has 2 aromatic carbocycles. The van der Waals surface area contributed by atoms with E-state index in [1.54, 1.807) is 18.2 Å². The highest BCUT2D eigenvalue weighted by atomic mass is 32.2. The summed E-state index contributed by atoms with van der Waals surface area (Å²) in [6, 6.07) is 8.81. The smallest absolute Gasteiger partial charge is 0.324 e. The molecule has 0 amide bonds. The summed E-state index contributed by atoms with van der Waals surface area (Å²) in [5, 5.41) is 0. The molecule has 6 nitrogen and oxygen atoms in total. The predicted molar refractivity (Wildman–Crippen MR) is 124 cm³/mol. The average Bonchev–Trinajstić information content (AvgIpc) is 2.70. The molecule has 0 spiro atoms. The molecule has 0 radical (unpaired) electrons. The van der Waals surface area contributed by atoms with Crippen molar-refractivity contribution in [1.29, 1.82) is 0 Å². The van der Waals surface area contributed by atoms with Crippen LogP contribution in [0.3, 0.4) is 0 Å². The number of ketones is 1. The number of carbonyl (C=O) groups excluding carboxylic acids is 2. The Balaban J connectivity index is 2.22. The van der Waals surface area contributed by atoms with Crippen LogP contribution in [0.15, 0.2) is 41.3 Å². The van der Waals surface area contributed by atoms with E-state index in [4.69, 9.17) is 4.74 Å². The van der Waals surface area contributed by atoms with Crippen molar-refractivity contribution in [3.8, 4) is 0 Å². The summed E-state index contributed by atoms with van der Waals surface area (Å²) in [5.41, 5.74) is 3.96. The summed E-state index contributed by atoms with van der Waals surface area (Å²) < 4.78 is 33.4. The van der Waals surface area contributed by atoms with Gasteiger partial charge in [-0.05, 0) is 80.5 Å². The number of esters is 1. The third-order valence-corrected chi connectivity index (χ3v) is 7.22. The number of sulfonamides is 1. The Kier molecular flexibility index (Phi) is 8.85. The zero-order chi connectivity index (χ0) is 23.2. The molecule has 0 aliphatic heterocycles. The normalized spacial score (nSPS) is 12.4. The number of carbonyl (C=O) groups is 2.